The number of hydrogen-bond acceptors (Lipinski definition) is 13. The summed E-state index contributed by atoms with van der Waals surface area (Å²) in [6.45, 7) is 18.3. The number of ether oxygens (including phenoxy) is 2. The van der Waals surface area contributed by atoms with Crippen LogP contribution in [0.2, 0.25) is 5.02 Å². The molecule has 4 aromatic rings. The number of benzene rings is 3. The minimum atomic E-state index is -1.70. The number of β-amino-alcohol motifs (C(OH)–C–C–N with tert-alkyl or cyclic N) is 1. The van der Waals surface area contributed by atoms with E-state index in [1.807, 2.05) is 62.4 Å². The Morgan fingerprint density at radius 1 is 0.986 bits per heavy atom. The highest BCUT2D eigenvalue weighted by Crippen LogP contribution is 2.55. The lowest BCUT2D eigenvalue weighted by Gasteiger charge is -2.63. The zero-order chi connectivity index (χ0) is 50.7. The lowest BCUT2D eigenvalue weighted by atomic mass is 9.49. The molecule has 0 spiro atoms. The summed E-state index contributed by atoms with van der Waals surface area (Å²) in [5.41, 5.74) is 4.11. The average molecular weight is 998 g/mol. The van der Waals surface area contributed by atoms with Gasteiger partial charge in [0.25, 0.3) is 5.91 Å². The average Bonchev–Trinajstić information content (AvgIpc) is 3.95. The van der Waals surface area contributed by atoms with Gasteiger partial charge < -0.3 is 45.4 Å². The number of halogens is 1. The van der Waals surface area contributed by atoms with Crippen LogP contribution in [0.1, 0.15) is 88.1 Å². The zero-order valence-electron chi connectivity index (χ0n) is 41.1. The van der Waals surface area contributed by atoms with Crippen molar-refractivity contribution in [2.24, 2.45) is 10.8 Å². The molecule has 70 heavy (non-hydrogen) atoms. The normalized spacial score (nSPS) is 21.7. The summed E-state index contributed by atoms with van der Waals surface area (Å²) in [5, 5.41) is 40.1. The first kappa shape index (κ1) is 52.2. The Kier molecular flexibility index (Phi) is 16.0. The largest absolute Gasteiger partial charge is 0.489 e. The lowest BCUT2D eigenvalue weighted by molar-refractivity contribution is -0.164. The molecular weight excluding hydrogens is 932 g/mol. The number of nitrogens with zero attached hydrogens (tertiary/aromatic N) is 5. The molecule has 4 amide bonds. The van der Waals surface area contributed by atoms with Crippen molar-refractivity contribution in [2.75, 3.05) is 57.4 Å². The van der Waals surface area contributed by atoms with Crippen LogP contribution in [0.3, 0.4) is 0 Å². The second-order valence-corrected chi connectivity index (χ2v) is 21.7. The molecule has 1 saturated carbocycles. The summed E-state index contributed by atoms with van der Waals surface area (Å²) in [6, 6.07) is 19.6. The number of thiazole rings is 1. The molecule has 3 fully saturated rings. The van der Waals surface area contributed by atoms with E-state index in [9.17, 15) is 34.7 Å². The highest BCUT2D eigenvalue weighted by Gasteiger charge is 2.64. The topological polar surface area (TPSA) is 210 Å². The first-order valence-corrected chi connectivity index (χ1v) is 25.0. The number of rotatable bonds is 17. The zero-order valence-corrected chi connectivity index (χ0v) is 42.7. The van der Waals surface area contributed by atoms with E-state index in [1.165, 1.54) is 18.7 Å². The van der Waals surface area contributed by atoms with Gasteiger partial charge in [-0.25, -0.2) is 4.98 Å². The summed E-state index contributed by atoms with van der Waals surface area (Å²) < 4.78 is 12.1. The Morgan fingerprint density at radius 2 is 1.66 bits per heavy atom. The fourth-order valence-corrected chi connectivity index (χ4v) is 11.4. The molecule has 2 saturated heterocycles. The van der Waals surface area contributed by atoms with Crippen molar-refractivity contribution >= 4 is 52.3 Å². The minimum Gasteiger partial charge on any atom is -0.489 e. The van der Waals surface area contributed by atoms with E-state index in [0.717, 1.165) is 53.6 Å². The van der Waals surface area contributed by atoms with Crippen molar-refractivity contribution in [2.45, 2.75) is 104 Å². The van der Waals surface area contributed by atoms with Gasteiger partial charge in [0.05, 0.1) is 51.0 Å². The van der Waals surface area contributed by atoms with Crippen molar-refractivity contribution in [3.8, 4) is 22.3 Å². The lowest BCUT2D eigenvalue weighted by Crippen LogP contribution is -2.74. The molecule has 1 aromatic heterocycles. The number of anilines is 1. The van der Waals surface area contributed by atoms with Crippen LogP contribution in [0.4, 0.5) is 5.69 Å². The summed E-state index contributed by atoms with van der Waals surface area (Å²) in [5.74, 6) is -1.31. The number of hydrogen-bond donors (Lipinski definition) is 5. The van der Waals surface area contributed by atoms with Crippen LogP contribution in [0.5, 0.6) is 5.75 Å². The Hall–Kier alpha value is -5.61. The number of carbonyl (C=O) groups is 4. The van der Waals surface area contributed by atoms with E-state index < -0.39 is 47.6 Å². The van der Waals surface area contributed by atoms with Gasteiger partial charge in [-0.2, -0.15) is 5.26 Å². The molecule has 1 aliphatic carbocycles. The molecule has 1 unspecified atom stereocenters. The van der Waals surface area contributed by atoms with E-state index in [2.05, 4.69) is 64.5 Å². The monoisotopic (exact) mass is 996 g/mol. The van der Waals surface area contributed by atoms with Gasteiger partial charge in [-0.3, -0.25) is 24.1 Å². The van der Waals surface area contributed by atoms with Gasteiger partial charge in [0, 0.05) is 79.9 Å². The first-order valence-electron chi connectivity index (χ1n) is 23.7. The van der Waals surface area contributed by atoms with Gasteiger partial charge in [0.1, 0.15) is 36.6 Å². The van der Waals surface area contributed by atoms with E-state index >= 15 is 0 Å². The molecule has 3 aromatic carbocycles. The Bertz CT molecular complexity index is 2550. The highest BCUT2D eigenvalue weighted by atomic mass is 35.5. The van der Waals surface area contributed by atoms with Crippen molar-refractivity contribution < 1.29 is 38.9 Å². The van der Waals surface area contributed by atoms with E-state index in [1.54, 1.807) is 35.0 Å². The third kappa shape index (κ3) is 11.6. The minimum absolute atomic E-state index is 0.0139. The number of carbonyl (C=O) groups excluding carboxylic acids is 4. The molecule has 18 heteroatoms. The third-order valence-electron chi connectivity index (χ3n) is 14.0. The second kappa shape index (κ2) is 21.4. The van der Waals surface area contributed by atoms with Crippen LogP contribution < -0.4 is 25.6 Å². The maximum atomic E-state index is 14.0. The van der Waals surface area contributed by atoms with Crippen LogP contribution in [0.15, 0.2) is 72.2 Å². The van der Waals surface area contributed by atoms with Gasteiger partial charge in [-0.15, -0.1) is 11.3 Å². The standard InChI is InChI=1S/C52H65ClN8O8S/c1-31(33-9-11-34(12-10-33)43-32(2)55-30-70-43)56-46(65)41-25-38(62)28-61(41)47(66)44(52(7,8)67)57-42(63)29-68-24-23-59-19-21-60(22-20-59)37-16-13-35(14-17-37)45(64)58-48-50(3,4)49(51(48,5)6)69-39-18-15-36(27-54)40(53)26-39/h9-18,26,30-31,38,41,44,48-49,62,67H,19-25,28-29H2,1-8H3,(H,56,65)(H,57,63)(H,58,64)/t31?,38-,41+,44-,48-,49-/m1/s1. The quantitative estimate of drug-likeness (QED) is 0.0833. The number of nitrogens with one attached hydrogen (secondary N) is 3. The number of aliphatic hydroxyl groups excluding tert-OH is 1. The van der Waals surface area contributed by atoms with Crippen molar-refractivity contribution in [1.29, 1.82) is 5.26 Å². The number of aliphatic hydroxyl groups is 2. The van der Waals surface area contributed by atoms with Gasteiger partial charge in [0.2, 0.25) is 17.7 Å². The summed E-state index contributed by atoms with van der Waals surface area (Å²) >= 11 is 7.81. The van der Waals surface area contributed by atoms with E-state index in [-0.39, 0.29) is 55.1 Å². The number of piperazine rings is 1. The molecule has 4 atom stereocenters. The van der Waals surface area contributed by atoms with E-state index in [4.69, 9.17) is 21.1 Å². The Morgan fingerprint density at radius 3 is 2.26 bits per heavy atom. The number of likely N-dealkylation sites (tertiary alicyclic amines) is 1. The van der Waals surface area contributed by atoms with Crippen LogP contribution in [0, 0.1) is 29.1 Å². The first-order chi connectivity index (χ1) is 33.1. The maximum absolute atomic E-state index is 14.0. The maximum Gasteiger partial charge on any atom is 0.251 e. The third-order valence-corrected chi connectivity index (χ3v) is 15.3. The second-order valence-electron chi connectivity index (χ2n) is 20.4. The molecule has 3 aliphatic rings. The van der Waals surface area contributed by atoms with Gasteiger partial charge in [-0.1, -0.05) is 63.6 Å². The summed E-state index contributed by atoms with van der Waals surface area (Å²) in [4.78, 5) is 65.4. The fraction of sp³-hybridized carbons (Fsp3) is 0.500. The SMILES string of the molecule is Cc1ncsc1-c1ccc(C(C)NC(=O)[C@@H]2C[C@@H](O)CN2C(=O)[C@@H](NC(=O)COCCN2CCN(c3ccc(C(=O)N[C@H]4C(C)(C)[C@H](Oc5ccc(C#N)c(Cl)c5)C4(C)C)cc3)CC2)C(C)(C)O)cc1. The van der Waals surface area contributed by atoms with Gasteiger partial charge in [0.15, 0.2) is 0 Å². The van der Waals surface area contributed by atoms with Crippen LogP contribution in [-0.2, 0) is 19.1 Å². The molecule has 7 rings (SSSR count). The summed E-state index contributed by atoms with van der Waals surface area (Å²) in [6.07, 6.45) is -1.16. The highest BCUT2D eigenvalue weighted by molar-refractivity contribution is 7.13. The Labute approximate surface area is 419 Å². The Balaban J connectivity index is 0.831. The van der Waals surface area contributed by atoms with Gasteiger partial charge >= 0.3 is 0 Å². The predicted octanol–water partition coefficient (Wildman–Crippen LogP) is 5.49. The number of aryl methyl sites for hydroxylation is 1. The number of amides is 4. The predicted molar refractivity (Wildman–Crippen MR) is 269 cm³/mol. The van der Waals surface area contributed by atoms with Crippen LogP contribution in [0.25, 0.3) is 10.4 Å². The van der Waals surface area contributed by atoms with Crippen LogP contribution in [-0.4, -0.2) is 137 Å². The van der Waals surface area contributed by atoms with Crippen molar-refractivity contribution in [3.63, 3.8) is 0 Å². The molecule has 2 aliphatic heterocycles. The molecule has 3 heterocycles. The number of aromatic nitrogens is 1. The molecule has 0 bridgehead atoms. The fourth-order valence-electron chi connectivity index (χ4n) is 10.3. The van der Waals surface area contributed by atoms with Gasteiger partial charge in [-0.05, 0) is 75.2 Å². The van der Waals surface area contributed by atoms with E-state index in [0.29, 0.717) is 28.4 Å². The summed E-state index contributed by atoms with van der Waals surface area (Å²) in [7, 11) is 0. The molecule has 374 valence electrons. The number of nitriles is 1. The molecule has 0 radical (unpaired) electrons. The van der Waals surface area contributed by atoms with Crippen molar-refractivity contribution in [3.05, 3.63) is 99.6 Å². The molecular formula is C52H65ClN8O8S. The molecule has 16 nitrogen and oxygen atoms in total. The van der Waals surface area contributed by atoms with Crippen LogP contribution >= 0.6 is 22.9 Å². The smallest absolute Gasteiger partial charge is 0.251 e. The van der Waals surface area contributed by atoms with Crippen molar-refractivity contribution in [1.82, 2.24) is 30.7 Å². The molecule has 5 N–H and O–H groups in total.